The second-order valence-corrected chi connectivity index (χ2v) is 5.02. The first-order valence-electron chi connectivity index (χ1n) is 6.53. The van der Waals surface area contributed by atoms with Gasteiger partial charge in [-0.05, 0) is 51.7 Å². The Kier molecular flexibility index (Phi) is 5.24. The molecular formula is C13H25N3. The Hall–Kier alpha value is -0.590. The van der Waals surface area contributed by atoms with E-state index in [1.165, 1.54) is 12.8 Å². The van der Waals surface area contributed by atoms with Gasteiger partial charge in [0.1, 0.15) is 5.54 Å². The van der Waals surface area contributed by atoms with Crippen molar-refractivity contribution in [2.75, 3.05) is 26.7 Å². The highest BCUT2D eigenvalue weighted by molar-refractivity contribution is 5.16. The first kappa shape index (κ1) is 13.5. The van der Waals surface area contributed by atoms with Crippen LogP contribution in [-0.2, 0) is 0 Å². The van der Waals surface area contributed by atoms with Crippen molar-refractivity contribution in [2.24, 2.45) is 5.92 Å². The van der Waals surface area contributed by atoms with E-state index in [1.807, 2.05) is 0 Å². The van der Waals surface area contributed by atoms with Gasteiger partial charge in [-0.15, -0.1) is 0 Å². The van der Waals surface area contributed by atoms with Gasteiger partial charge in [0.15, 0.2) is 0 Å². The number of rotatable bonds is 8. The van der Waals surface area contributed by atoms with Gasteiger partial charge in [0.2, 0.25) is 0 Å². The van der Waals surface area contributed by atoms with E-state index in [1.54, 1.807) is 0 Å². The van der Waals surface area contributed by atoms with Crippen molar-refractivity contribution >= 4 is 0 Å². The first-order chi connectivity index (χ1) is 7.68. The van der Waals surface area contributed by atoms with Crippen LogP contribution in [0.5, 0.6) is 0 Å². The van der Waals surface area contributed by atoms with Crippen LogP contribution in [0.3, 0.4) is 0 Å². The minimum absolute atomic E-state index is 0.292. The average Bonchev–Trinajstić information content (AvgIpc) is 3.08. The summed E-state index contributed by atoms with van der Waals surface area (Å²) < 4.78 is 0. The molecule has 0 aromatic carbocycles. The van der Waals surface area contributed by atoms with Gasteiger partial charge in [-0.25, -0.2) is 0 Å². The summed E-state index contributed by atoms with van der Waals surface area (Å²) in [6, 6.07) is 2.55. The van der Waals surface area contributed by atoms with Crippen molar-refractivity contribution in [3.8, 4) is 6.07 Å². The van der Waals surface area contributed by atoms with Crippen LogP contribution < -0.4 is 5.32 Å². The Labute approximate surface area is 99.8 Å². The molecule has 1 fully saturated rings. The normalized spacial score (nSPS) is 19.4. The van der Waals surface area contributed by atoms with Crippen LogP contribution in [0.4, 0.5) is 0 Å². The van der Waals surface area contributed by atoms with Crippen LogP contribution in [0, 0.1) is 17.2 Å². The SMILES string of the molecule is CCCNC(C#N)(CN(C)CCC)C1CC1. The van der Waals surface area contributed by atoms with E-state index in [0.29, 0.717) is 5.92 Å². The molecule has 16 heavy (non-hydrogen) atoms. The summed E-state index contributed by atoms with van der Waals surface area (Å²) in [6.07, 6.45) is 4.67. The Bertz CT molecular complexity index is 242. The number of likely N-dealkylation sites (N-methyl/N-ethyl adjacent to an activating group) is 1. The Morgan fingerprint density at radius 1 is 1.38 bits per heavy atom. The summed E-state index contributed by atoms with van der Waals surface area (Å²) in [5.74, 6) is 0.573. The van der Waals surface area contributed by atoms with Crippen LogP contribution in [0.25, 0.3) is 0 Å². The summed E-state index contributed by atoms with van der Waals surface area (Å²) in [6.45, 7) is 7.22. The molecule has 3 nitrogen and oxygen atoms in total. The predicted molar refractivity (Wildman–Crippen MR) is 67.1 cm³/mol. The van der Waals surface area contributed by atoms with Gasteiger partial charge < -0.3 is 4.90 Å². The van der Waals surface area contributed by atoms with E-state index in [-0.39, 0.29) is 5.54 Å². The first-order valence-corrected chi connectivity index (χ1v) is 6.53. The monoisotopic (exact) mass is 223 g/mol. The Morgan fingerprint density at radius 2 is 2.06 bits per heavy atom. The molecule has 0 amide bonds. The molecule has 0 heterocycles. The molecule has 1 atom stereocenters. The molecule has 0 aliphatic heterocycles. The van der Waals surface area contributed by atoms with Gasteiger partial charge >= 0.3 is 0 Å². The predicted octanol–water partition coefficient (Wildman–Crippen LogP) is 2.00. The number of nitriles is 1. The van der Waals surface area contributed by atoms with Crippen LogP contribution in [0.2, 0.25) is 0 Å². The van der Waals surface area contributed by atoms with Crippen LogP contribution in [-0.4, -0.2) is 37.1 Å². The van der Waals surface area contributed by atoms with Gasteiger partial charge in [-0.2, -0.15) is 5.26 Å². The van der Waals surface area contributed by atoms with Crippen LogP contribution in [0.1, 0.15) is 39.5 Å². The third-order valence-corrected chi connectivity index (χ3v) is 3.29. The molecule has 3 heteroatoms. The van der Waals surface area contributed by atoms with Crippen molar-refractivity contribution in [1.29, 1.82) is 5.26 Å². The molecule has 0 bridgehead atoms. The maximum absolute atomic E-state index is 9.49. The van der Waals surface area contributed by atoms with Gasteiger partial charge in [-0.1, -0.05) is 13.8 Å². The second-order valence-electron chi connectivity index (χ2n) is 5.02. The number of hydrogen-bond acceptors (Lipinski definition) is 3. The second kappa shape index (κ2) is 6.22. The molecule has 0 saturated heterocycles. The smallest absolute Gasteiger partial charge is 0.122 e. The lowest BCUT2D eigenvalue weighted by Crippen LogP contribution is -2.54. The van der Waals surface area contributed by atoms with Gasteiger partial charge in [0.05, 0.1) is 6.07 Å². The number of hydrogen-bond donors (Lipinski definition) is 1. The molecule has 0 radical (unpaired) electrons. The molecular weight excluding hydrogens is 198 g/mol. The highest BCUT2D eigenvalue weighted by Gasteiger charge is 2.45. The topological polar surface area (TPSA) is 39.1 Å². The molecule has 1 saturated carbocycles. The van der Waals surface area contributed by atoms with E-state index < -0.39 is 0 Å². The Balaban J connectivity index is 2.58. The third kappa shape index (κ3) is 3.47. The molecule has 92 valence electrons. The summed E-state index contributed by atoms with van der Waals surface area (Å²) in [7, 11) is 2.12. The van der Waals surface area contributed by atoms with E-state index in [9.17, 15) is 5.26 Å². The molecule has 1 rings (SSSR count). The highest BCUT2D eigenvalue weighted by atomic mass is 15.2. The lowest BCUT2D eigenvalue weighted by Gasteiger charge is -2.32. The largest absolute Gasteiger partial charge is 0.303 e. The molecule has 0 aromatic heterocycles. The minimum Gasteiger partial charge on any atom is -0.303 e. The summed E-state index contributed by atoms with van der Waals surface area (Å²) >= 11 is 0. The maximum atomic E-state index is 9.49. The maximum Gasteiger partial charge on any atom is 0.122 e. The molecule has 1 N–H and O–H groups in total. The van der Waals surface area contributed by atoms with E-state index in [0.717, 1.165) is 32.5 Å². The van der Waals surface area contributed by atoms with Crippen molar-refractivity contribution < 1.29 is 0 Å². The highest BCUT2D eigenvalue weighted by Crippen LogP contribution is 2.39. The lowest BCUT2D eigenvalue weighted by molar-refractivity contribution is 0.228. The standard InChI is InChI=1S/C13H25N3/c1-4-8-15-13(10-14,12-6-7-12)11-16(3)9-5-2/h12,15H,4-9,11H2,1-3H3. The van der Waals surface area contributed by atoms with Gasteiger partial charge in [0.25, 0.3) is 0 Å². The quantitative estimate of drug-likeness (QED) is 0.684. The number of nitrogens with one attached hydrogen (secondary N) is 1. The lowest BCUT2D eigenvalue weighted by atomic mass is 9.94. The summed E-state index contributed by atoms with van der Waals surface area (Å²) in [4.78, 5) is 2.28. The third-order valence-electron chi connectivity index (χ3n) is 3.29. The van der Waals surface area contributed by atoms with Crippen molar-refractivity contribution in [1.82, 2.24) is 10.2 Å². The van der Waals surface area contributed by atoms with E-state index >= 15 is 0 Å². The zero-order valence-corrected chi connectivity index (χ0v) is 10.9. The molecule has 1 aliphatic rings. The zero-order chi connectivity index (χ0) is 12.0. The van der Waals surface area contributed by atoms with E-state index in [4.69, 9.17) is 0 Å². The Morgan fingerprint density at radius 3 is 2.50 bits per heavy atom. The summed E-state index contributed by atoms with van der Waals surface area (Å²) in [5, 5.41) is 13.0. The van der Waals surface area contributed by atoms with Crippen LogP contribution >= 0.6 is 0 Å². The zero-order valence-electron chi connectivity index (χ0n) is 10.9. The molecule has 1 aliphatic carbocycles. The fraction of sp³-hybridized carbons (Fsp3) is 0.923. The van der Waals surface area contributed by atoms with Gasteiger partial charge in [0, 0.05) is 6.54 Å². The van der Waals surface area contributed by atoms with Crippen molar-refractivity contribution in [3.63, 3.8) is 0 Å². The van der Waals surface area contributed by atoms with Gasteiger partial charge in [-0.3, -0.25) is 5.32 Å². The van der Waals surface area contributed by atoms with Crippen molar-refractivity contribution in [2.45, 2.75) is 45.1 Å². The van der Waals surface area contributed by atoms with Crippen molar-refractivity contribution in [3.05, 3.63) is 0 Å². The van der Waals surface area contributed by atoms with Crippen LogP contribution in [0.15, 0.2) is 0 Å². The fourth-order valence-electron chi connectivity index (χ4n) is 2.31. The summed E-state index contributed by atoms with van der Waals surface area (Å²) in [5.41, 5.74) is -0.292. The average molecular weight is 223 g/mol. The molecule has 0 spiro atoms. The fourth-order valence-corrected chi connectivity index (χ4v) is 2.31. The van der Waals surface area contributed by atoms with E-state index in [2.05, 4.69) is 37.2 Å². The minimum atomic E-state index is -0.292. The molecule has 0 aromatic rings. The molecule has 1 unspecified atom stereocenters. The number of nitrogens with zero attached hydrogens (tertiary/aromatic N) is 2.